The van der Waals surface area contributed by atoms with Crippen molar-refractivity contribution >= 4 is 0 Å². The minimum Gasteiger partial charge on any atom is -0.508 e. The van der Waals surface area contributed by atoms with Gasteiger partial charge in [0.15, 0.2) is 0 Å². The van der Waals surface area contributed by atoms with Gasteiger partial charge in [-0.15, -0.1) is 0 Å². The number of hydrogen-bond acceptors (Lipinski definition) is 2. The maximum atomic E-state index is 10.3. The minimum atomic E-state index is 0.188. The van der Waals surface area contributed by atoms with Crippen LogP contribution in [0.5, 0.6) is 11.5 Å². The predicted molar refractivity (Wildman–Crippen MR) is 97.1 cm³/mol. The fourth-order valence-electron chi connectivity index (χ4n) is 3.30. The molecule has 0 heterocycles. The first kappa shape index (κ1) is 18.2. The van der Waals surface area contributed by atoms with Gasteiger partial charge < -0.3 is 10.2 Å². The van der Waals surface area contributed by atoms with E-state index in [1.54, 1.807) is 0 Å². The van der Waals surface area contributed by atoms with Crippen molar-refractivity contribution in [2.24, 2.45) is 10.8 Å². The van der Waals surface area contributed by atoms with E-state index in [-0.39, 0.29) is 11.5 Å². The Bertz CT molecular complexity index is 527. The highest BCUT2D eigenvalue weighted by Crippen LogP contribution is 2.49. The standard InChI is InChI=1S/C21H34O2/c1-5-20(2,3)10-7-9-18-16(14-17(22)15-19(18)23)8-6-11-21(4)12-13-21/h14-15,22-23H,5-13H2,1-4H3. The predicted octanol–water partition coefficient (Wildman–Crippen LogP) is 5.98. The summed E-state index contributed by atoms with van der Waals surface area (Å²) < 4.78 is 0. The maximum absolute atomic E-state index is 10.3. The number of aromatic hydroxyl groups is 2. The van der Waals surface area contributed by atoms with Gasteiger partial charge >= 0.3 is 0 Å². The van der Waals surface area contributed by atoms with Crippen LogP contribution in [0.25, 0.3) is 0 Å². The van der Waals surface area contributed by atoms with Crippen molar-refractivity contribution in [2.45, 2.75) is 85.5 Å². The molecule has 0 spiro atoms. The van der Waals surface area contributed by atoms with E-state index in [4.69, 9.17) is 0 Å². The van der Waals surface area contributed by atoms with Crippen LogP contribution < -0.4 is 0 Å². The van der Waals surface area contributed by atoms with Crippen molar-refractivity contribution in [3.05, 3.63) is 23.3 Å². The number of rotatable bonds is 9. The summed E-state index contributed by atoms with van der Waals surface area (Å²) in [4.78, 5) is 0. The highest BCUT2D eigenvalue weighted by atomic mass is 16.3. The third-order valence-corrected chi connectivity index (χ3v) is 5.87. The number of aryl methyl sites for hydroxylation is 1. The van der Waals surface area contributed by atoms with Gasteiger partial charge in [-0.3, -0.25) is 0 Å². The van der Waals surface area contributed by atoms with E-state index >= 15 is 0 Å². The van der Waals surface area contributed by atoms with Crippen LogP contribution in [0, 0.1) is 10.8 Å². The zero-order chi connectivity index (χ0) is 17.1. The molecule has 0 saturated heterocycles. The summed E-state index contributed by atoms with van der Waals surface area (Å²) >= 11 is 0. The summed E-state index contributed by atoms with van der Waals surface area (Å²) in [6.07, 6.45) is 10.4. The number of benzene rings is 1. The molecule has 130 valence electrons. The Kier molecular flexibility index (Phi) is 5.65. The van der Waals surface area contributed by atoms with Crippen molar-refractivity contribution < 1.29 is 10.2 Å². The molecule has 23 heavy (non-hydrogen) atoms. The topological polar surface area (TPSA) is 40.5 Å². The normalized spacial score (nSPS) is 16.5. The molecule has 1 aliphatic carbocycles. The van der Waals surface area contributed by atoms with E-state index in [2.05, 4.69) is 27.7 Å². The molecule has 0 aromatic heterocycles. The monoisotopic (exact) mass is 318 g/mol. The third-order valence-electron chi connectivity index (χ3n) is 5.87. The Labute approximate surface area is 141 Å². The molecule has 1 aromatic carbocycles. The van der Waals surface area contributed by atoms with Crippen molar-refractivity contribution in [1.82, 2.24) is 0 Å². The minimum absolute atomic E-state index is 0.188. The lowest BCUT2D eigenvalue weighted by atomic mass is 9.83. The molecule has 0 aliphatic heterocycles. The maximum Gasteiger partial charge on any atom is 0.122 e. The summed E-state index contributed by atoms with van der Waals surface area (Å²) in [6.45, 7) is 9.21. The molecule has 0 amide bonds. The molecule has 2 nitrogen and oxygen atoms in total. The lowest BCUT2D eigenvalue weighted by Gasteiger charge is -2.22. The van der Waals surface area contributed by atoms with Crippen LogP contribution in [0.1, 0.15) is 83.8 Å². The van der Waals surface area contributed by atoms with Crippen LogP contribution >= 0.6 is 0 Å². The molecule has 0 bridgehead atoms. The van der Waals surface area contributed by atoms with E-state index in [9.17, 15) is 10.2 Å². The second-order valence-electron chi connectivity index (χ2n) is 8.64. The first-order valence-electron chi connectivity index (χ1n) is 9.28. The van der Waals surface area contributed by atoms with Crippen LogP contribution in [0.2, 0.25) is 0 Å². The van der Waals surface area contributed by atoms with Gasteiger partial charge in [0.25, 0.3) is 0 Å². The first-order chi connectivity index (χ1) is 10.7. The Hall–Kier alpha value is -1.18. The van der Waals surface area contributed by atoms with Gasteiger partial charge in [-0.1, -0.05) is 34.1 Å². The van der Waals surface area contributed by atoms with E-state index < -0.39 is 0 Å². The van der Waals surface area contributed by atoms with Crippen LogP contribution in [-0.2, 0) is 12.8 Å². The second-order valence-corrected chi connectivity index (χ2v) is 8.64. The first-order valence-corrected chi connectivity index (χ1v) is 9.28. The Morgan fingerprint density at radius 3 is 2.39 bits per heavy atom. The molecule has 2 N–H and O–H groups in total. The number of phenols is 2. The highest BCUT2D eigenvalue weighted by Gasteiger charge is 2.36. The van der Waals surface area contributed by atoms with Gasteiger partial charge in [-0.2, -0.15) is 0 Å². The van der Waals surface area contributed by atoms with Crippen LogP contribution in [0.4, 0.5) is 0 Å². The molecule has 1 aliphatic rings. The van der Waals surface area contributed by atoms with E-state index in [1.165, 1.54) is 38.2 Å². The highest BCUT2D eigenvalue weighted by molar-refractivity contribution is 5.45. The molecule has 1 fully saturated rings. The fourth-order valence-corrected chi connectivity index (χ4v) is 3.30. The third kappa shape index (κ3) is 5.44. The van der Waals surface area contributed by atoms with E-state index in [0.717, 1.165) is 36.8 Å². The van der Waals surface area contributed by atoms with E-state index in [0.29, 0.717) is 10.8 Å². The molecule has 0 unspecified atom stereocenters. The molecule has 1 aromatic rings. The summed E-state index contributed by atoms with van der Waals surface area (Å²) in [6, 6.07) is 3.35. The average molecular weight is 319 g/mol. The number of phenolic OH excluding ortho intramolecular Hbond substituents is 2. The van der Waals surface area contributed by atoms with Crippen molar-refractivity contribution in [3.63, 3.8) is 0 Å². The van der Waals surface area contributed by atoms with Gasteiger partial charge in [0.2, 0.25) is 0 Å². The van der Waals surface area contributed by atoms with Gasteiger partial charge in [-0.05, 0) is 79.4 Å². The summed E-state index contributed by atoms with van der Waals surface area (Å²) in [5, 5.41) is 20.1. The Morgan fingerprint density at radius 1 is 1.09 bits per heavy atom. The molecular weight excluding hydrogens is 284 g/mol. The fraction of sp³-hybridized carbons (Fsp3) is 0.714. The average Bonchev–Trinajstić information content (AvgIpc) is 3.19. The zero-order valence-corrected chi connectivity index (χ0v) is 15.4. The van der Waals surface area contributed by atoms with Crippen molar-refractivity contribution in [2.75, 3.05) is 0 Å². The molecule has 0 radical (unpaired) electrons. The number of hydrogen-bond donors (Lipinski definition) is 2. The van der Waals surface area contributed by atoms with Crippen LogP contribution in [0.15, 0.2) is 12.1 Å². The molecule has 2 rings (SSSR count). The largest absolute Gasteiger partial charge is 0.508 e. The molecule has 1 saturated carbocycles. The molecule has 2 heteroatoms. The van der Waals surface area contributed by atoms with Crippen molar-refractivity contribution in [1.29, 1.82) is 0 Å². The Morgan fingerprint density at radius 2 is 1.78 bits per heavy atom. The lowest BCUT2D eigenvalue weighted by molar-refractivity contribution is 0.312. The lowest BCUT2D eigenvalue weighted by Crippen LogP contribution is -2.10. The van der Waals surface area contributed by atoms with Crippen molar-refractivity contribution in [3.8, 4) is 11.5 Å². The summed E-state index contributed by atoms with van der Waals surface area (Å²) in [5.74, 6) is 0.458. The van der Waals surface area contributed by atoms with Gasteiger partial charge in [0, 0.05) is 6.07 Å². The van der Waals surface area contributed by atoms with Crippen LogP contribution in [0.3, 0.4) is 0 Å². The quantitative estimate of drug-likeness (QED) is 0.588. The zero-order valence-electron chi connectivity index (χ0n) is 15.4. The summed E-state index contributed by atoms with van der Waals surface area (Å²) in [5.41, 5.74) is 3.13. The van der Waals surface area contributed by atoms with Crippen LogP contribution in [-0.4, -0.2) is 10.2 Å². The Balaban J connectivity index is 1.98. The second kappa shape index (κ2) is 7.15. The van der Waals surface area contributed by atoms with Gasteiger partial charge in [0.05, 0.1) is 0 Å². The SMILES string of the molecule is CCC(C)(C)CCCc1c(O)cc(O)cc1CCCC1(C)CC1. The van der Waals surface area contributed by atoms with Gasteiger partial charge in [0.1, 0.15) is 11.5 Å². The summed E-state index contributed by atoms with van der Waals surface area (Å²) in [7, 11) is 0. The van der Waals surface area contributed by atoms with E-state index in [1.807, 2.05) is 6.07 Å². The molecule has 0 atom stereocenters. The van der Waals surface area contributed by atoms with Gasteiger partial charge in [-0.25, -0.2) is 0 Å². The molecular formula is C21H34O2. The smallest absolute Gasteiger partial charge is 0.122 e.